The van der Waals surface area contributed by atoms with Crippen LogP contribution in [0.5, 0.6) is 0 Å². The minimum absolute atomic E-state index is 0.0105. The van der Waals surface area contributed by atoms with Crippen LogP contribution < -0.4 is 5.32 Å². The lowest BCUT2D eigenvalue weighted by atomic mass is 9.78. The van der Waals surface area contributed by atoms with Crippen LogP contribution in [-0.2, 0) is 22.7 Å². The number of hydrogen-bond donors (Lipinski definition) is 1. The van der Waals surface area contributed by atoms with E-state index in [-0.39, 0.29) is 29.5 Å². The third-order valence-corrected chi connectivity index (χ3v) is 6.19. The Hall–Kier alpha value is -2.93. The molecule has 0 heterocycles. The van der Waals surface area contributed by atoms with Crippen molar-refractivity contribution >= 4 is 23.7 Å². The van der Waals surface area contributed by atoms with E-state index >= 15 is 0 Å². The van der Waals surface area contributed by atoms with Gasteiger partial charge in [-0.05, 0) is 79.8 Å². The molecule has 0 unspecified atom stereocenters. The molecule has 0 radical (unpaired) electrons. The summed E-state index contributed by atoms with van der Waals surface area (Å²) in [4.78, 5) is 17.7. The smallest absolute Gasteiger partial charge is 0.270 e. The number of aliphatic imine (C=N–C) groups is 1. The van der Waals surface area contributed by atoms with Gasteiger partial charge < -0.3 is 5.32 Å². The fourth-order valence-corrected chi connectivity index (χ4v) is 4.06. The Morgan fingerprint density at radius 1 is 1.19 bits per heavy atom. The minimum Gasteiger partial charge on any atom is -0.340 e. The van der Waals surface area contributed by atoms with E-state index < -0.39 is 34.0 Å². The number of nitrogens with zero attached hydrogens (tertiary/aromatic N) is 1. The fraction of sp³-hybridized carbons (Fsp3) is 0.357. The zero-order chi connectivity index (χ0) is 26.7. The highest BCUT2D eigenvalue weighted by molar-refractivity contribution is 6.27. The topological polar surface area (TPSA) is 41.5 Å². The lowest BCUT2D eigenvalue weighted by Gasteiger charge is -2.37. The Balaban J connectivity index is 2.36. The van der Waals surface area contributed by atoms with E-state index in [0.717, 1.165) is 12.1 Å². The van der Waals surface area contributed by atoms with Gasteiger partial charge in [-0.1, -0.05) is 18.7 Å². The van der Waals surface area contributed by atoms with Crippen molar-refractivity contribution in [2.45, 2.75) is 56.9 Å². The number of carbonyl (C=O) groups excluding carboxylic acids is 1. The molecule has 0 aromatic heterocycles. The molecule has 3 nitrogen and oxygen atoms in total. The van der Waals surface area contributed by atoms with Crippen molar-refractivity contribution in [1.29, 1.82) is 0 Å². The van der Waals surface area contributed by atoms with Crippen molar-refractivity contribution < 1.29 is 22.4 Å². The number of allylic oxidation sites excluding steroid dienone is 2. The number of halogens is 5. The number of hydrogen-bond acceptors (Lipinski definition) is 2. The van der Waals surface area contributed by atoms with Crippen LogP contribution in [0.2, 0.25) is 0 Å². The molecule has 8 heteroatoms. The van der Waals surface area contributed by atoms with Gasteiger partial charge in [0.1, 0.15) is 17.2 Å². The quantitative estimate of drug-likeness (QED) is 0.154. The summed E-state index contributed by atoms with van der Waals surface area (Å²) in [6, 6.07) is 7.20. The van der Waals surface area contributed by atoms with Gasteiger partial charge >= 0.3 is 0 Å². The van der Waals surface area contributed by atoms with Crippen molar-refractivity contribution in [2.75, 3.05) is 0 Å². The third-order valence-electron chi connectivity index (χ3n) is 6.07. The van der Waals surface area contributed by atoms with Gasteiger partial charge in [0.2, 0.25) is 5.91 Å². The molecule has 0 bridgehead atoms. The molecule has 3 rings (SSSR count). The van der Waals surface area contributed by atoms with Gasteiger partial charge in [0, 0.05) is 31.0 Å². The Bertz CT molecular complexity index is 1200. The van der Waals surface area contributed by atoms with Gasteiger partial charge in [-0.3, -0.25) is 9.79 Å². The molecule has 2 aromatic carbocycles. The van der Waals surface area contributed by atoms with Crippen LogP contribution >= 0.6 is 11.6 Å². The first-order valence-corrected chi connectivity index (χ1v) is 12.1. The second kappa shape index (κ2) is 11.0. The molecule has 1 N–H and O–H groups in total. The average molecular weight is 521 g/mol. The van der Waals surface area contributed by atoms with Crippen molar-refractivity contribution in [3.05, 3.63) is 94.7 Å². The largest absolute Gasteiger partial charge is 0.340 e. The zero-order valence-corrected chi connectivity index (χ0v) is 21.2. The molecule has 1 amide bonds. The normalized spacial score (nSPS) is 17.1. The first-order valence-electron chi connectivity index (χ1n) is 11.6. The number of carbonyl (C=O) groups is 1. The van der Waals surface area contributed by atoms with E-state index in [2.05, 4.69) is 16.9 Å². The number of alkyl halides is 3. The molecule has 0 aliphatic heterocycles. The Kier molecular flexibility index (Phi) is 8.44. The first kappa shape index (κ1) is 27.7. The van der Waals surface area contributed by atoms with E-state index in [4.69, 9.17) is 11.6 Å². The van der Waals surface area contributed by atoms with Crippen molar-refractivity contribution in [3.63, 3.8) is 0 Å². The predicted octanol–water partition coefficient (Wildman–Crippen LogP) is 7.12. The number of aryl methyl sites for hydroxylation is 1. The van der Waals surface area contributed by atoms with Crippen LogP contribution in [0.15, 0.2) is 65.8 Å². The van der Waals surface area contributed by atoms with Crippen LogP contribution in [0.1, 0.15) is 48.9 Å². The monoisotopic (exact) mass is 520 g/mol. The molecule has 0 saturated heterocycles. The van der Waals surface area contributed by atoms with Crippen molar-refractivity contribution in [1.82, 2.24) is 5.32 Å². The van der Waals surface area contributed by atoms with Crippen LogP contribution in [0.25, 0.3) is 0 Å². The van der Waals surface area contributed by atoms with Gasteiger partial charge in [0.25, 0.3) is 5.92 Å². The molecule has 36 heavy (non-hydrogen) atoms. The summed E-state index contributed by atoms with van der Waals surface area (Å²) in [6.07, 6.45) is 5.75. The highest BCUT2D eigenvalue weighted by atomic mass is 35.5. The maximum Gasteiger partial charge on any atom is 0.270 e. The SMILES string of the molecule is C=C/C=C(\N=C[C@H](C)Cl)[C@@](Cc1ccc(F)cc1C)(NC(=O)C1CC1)c1cc(F)cc(C(C)(F)F)c1. The summed E-state index contributed by atoms with van der Waals surface area (Å²) in [6.45, 7) is 7.79. The molecule has 1 saturated carbocycles. The Morgan fingerprint density at radius 2 is 1.86 bits per heavy atom. The van der Waals surface area contributed by atoms with Gasteiger partial charge in [0.15, 0.2) is 0 Å². The van der Waals surface area contributed by atoms with Crippen molar-refractivity contribution in [3.8, 4) is 0 Å². The second-order valence-corrected chi connectivity index (χ2v) is 9.97. The van der Waals surface area contributed by atoms with Crippen LogP contribution in [0, 0.1) is 24.5 Å². The van der Waals surface area contributed by atoms with Gasteiger partial charge in [0.05, 0.1) is 11.1 Å². The van der Waals surface area contributed by atoms with Gasteiger partial charge in [-0.2, -0.15) is 0 Å². The maximum absolute atomic E-state index is 14.8. The molecule has 192 valence electrons. The third kappa shape index (κ3) is 6.64. The first-order chi connectivity index (χ1) is 16.9. The lowest BCUT2D eigenvalue weighted by Crippen LogP contribution is -2.50. The van der Waals surface area contributed by atoms with E-state index in [1.165, 1.54) is 36.6 Å². The maximum atomic E-state index is 14.8. The van der Waals surface area contributed by atoms with Crippen LogP contribution in [0.3, 0.4) is 0 Å². The lowest BCUT2D eigenvalue weighted by molar-refractivity contribution is -0.124. The summed E-state index contributed by atoms with van der Waals surface area (Å²) >= 11 is 6.11. The van der Waals surface area contributed by atoms with E-state index in [9.17, 15) is 22.4 Å². The van der Waals surface area contributed by atoms with E-state index in [1.54, 1.807) is 19.9 Å². The van der Waals surface area contributed by atoms with Crippen molar-refractivity contribution in [2.24, 2.45) is 10.9 Å². The standard InChI is InChI=1S/C28H29ClF4N2O/c1-5-6-25(34-16-18(3)29)28(35-26(36)19-7-8-19,15-20-9-10-23(30)11-17(20)2)22-12-21(27(4,32)33)13-24(31)14-22/h5-6,9-14,16,18-19H,1,7-8,15H2,2-4H3,(H,35,36)/b25-6-,34-16?/t18-,28-/m0/s1. The average Bonchev–Trinajstić information content (AvgIpc) is 3.62. The predicted molar refractivity (Wildman–Crippen MR) is 135 cm³/mol. The van der Waals surface area contributed by atoms with Crippen LogP contribution in [-0.4, -0.2) is 17.5 Å². The molecular weight excluding hydrogens is 492 g/mol. The summed E-state index contributed by atoms with van der Waals surface area (Å²) in [5, 5.41) is 2.50. The molecule has 0 spiro atoms. The molecule has 1 fully saturated rings. The molecule has 1 aliphatic carbocycles. The highest BCUT2D eigenvalue weighted by Crippen LogP contribution is 2.40. The summed E-state index contributed by atoms with van der Waals surface area (Å²) < 4.78 is 57.5. The van der Waals surface area contributed by atoms with Gasteiger partial charge in [-0.25, -0.2) is 17.6 Å². The second-order valence-electron chi connectivity index (χ2n) is 9.28. The number of rotatable bonds is 10. The summed E-state index contributed by atoms with van der Waals surface area (Å²) in [5.74, 6) is -5.24. The van der Waals surface area contributed by atoms with Crippen LogP contribution in [0.4, 0.5) is 17.6 Å². The summed E-state index contributed by atoms with van der Waals surface area (Å²) in [5.41, 5.74) is -0.648. The van der Waals surface area contributed by atoms with E-state index in [1.807, 2.05) is 0 Å². The molecule has 2 atom stereocenters. The van der Waals surface area contributed by atoms with Gasteiger partial charge in [-0.15, -0.1) is 11.6 Å². The number of benzene rings is 2. The Labute approximate surface area is 214 Å². The molecule has 1 aliphatic rings. The van der Waals surface area contributed by atoms with E-state index in [0.29, 0.717) is 30.9 Å². The molecular formula is C28H29ClF4N2O. The zero-order valence-electron chi connectivity index (χ0n) is 20.4. The Morgan fingerprint density at radius 3 is 2.42 bits per heavy atom. The molecule has 2 aromatic rings. The highest BCUT2D eigenvalue weighted by Gasteiger charge is 2.43. The fourth-order valence-electron chi connectivity index (χ4n) is 4.00. The number of nitrogens with one attached hydrogen (secondary N) is 1. The minimum atomic E-state index is -3.34. The summed E-state index contributed by atoms with van der Waals surface area (Å²) in [7, 11) is 0. The number of amides is 1.